The molecule has 0 radical (unpaired) electrons. The highest BCUT2D eigenvalue weighted by Gasteiger charge is 2.25. The summed E-state index contributed by atoms with van der Waals surface area (Å²) in [5.74, 6) is -1.74. The average Bonchev–Trinajstić information content (AvgIpc) is 3.01. The van der Waals surface area contributed by atoms with Crippen molar-refractivity contribution >= 4 is 17.9 Å². The van der Waals surface area contributed by atoms with Crippen molar-refractivity contribution in [1.29, 1.82) is 0 Å². The van der Waals surface area contributed by atoms with Crippen molar-refractivity contribution in [2.24, 2.45) is 0 Å². The Kier molecular flexibility index (Phi) is 30.1. The Morgan fingerprint density at radius 3 is 1.60 bits per heavy atom. The van der Waals surface area contributed by atoms with E-state index in [9.17, 15) is 19.5 Å². The van der Waals surface area contributed by atoms with Gasteiger partial charge in [0.05, 0.1) is 40.3 Å². The number of quaternary nitrogens is 1. The van der Waals surface area contributed by atoms with Crippen molar-refractivity contribution in [2.45, 2.75) is 180 Å². The van der Waals surface area contributed by atoms with E-state index in [1.54, 1.807) is 21.1 Å². The van der Waals surface area contributed by atoms with Gasteiger partial charge in [0.1, 0.15) is 12.6 Å². The maximum atomic E-state index is 12.6. The molecule has 276 valence electrons. The molecule has 0 amide bonds. The van der Waals surface area contributed by atoms with Gasteiger partial charge >= 0.3 is 11.9 Å². The molecule has 0 aromatic rings. The lowest BCUT2D eigenvalue weighted by Gasteiger charge is -2.34. The molecular weight excluding hydrogens is 594 g/mol. The Morgan fingerprint density at radius 2 is 1.09 bits per heavy atom. The lowest BCUT2D eigenvalue weighted by molar-refractivity contribution is -0.889. The zero-order valence-corrected chi connectivity index (χ0v) is 31.2. The van der Waals surface area contributed by atoms with Crippen molar-refractivity contribution < 1.29 is 38.2 Å². The monoisotopic (exact) mass is 668 g/mol. The van der Waals surface area contributed by atoms with Gasteiger partial charge in [0.15, 0.2) is 6.10 Å². The number of unbranched alkanes of at least 4 members (excludes halogenated alkanes) is 18. The third-order valence-electron chi connectivity index (χ3n) is 8.65. The van der Waals surface area contributed by atoms with Gasteiger partial charge in [-0.3, -0.25) is 9.59 Å². The van der Waals surface area contributed by atoms with Crippen molar-refractivity contribution in [1.82, 2.24) is 0 Å². The zero-order chi connectivity index (χ0) is 35.0. The zero-order valence-electron chi connectivity index (χ0n) is 31.2. The molecule has 0 spiro atoms. The summed E-state index contributed by atoms with van der Waals surface area (Å²) in [6, 6.07) is -0.720. The summed E-state index contributed by atoms with van der Waals surface area (Å²) in [6.07, 6.45) is 29.4. The molecule has 2 unspecified atom stereocenters. The SMILES string of the molecule is CCCC/C=C/CCCCCCCC(=O)OCC(COCCC(C(=O)[O-])[N+](C)(C)C)OC(=O)CCCCCCCCCCCCCC. The first-order valence-corrected chi connectivity index (χ1v) is 19.2. The maximum Gasteiger partial charge on any atom is 0.306 e. The molecule has 0 heterocycles. The molecule has 0 aliphatic rings. The van der Waals surface area contributed by atoms with Crippen molar-refractivity contribution in [3.8, 4) is 0 Å². The van der Waals surface area contributed by atoms with Crippen LogP contribution in [0.5, 0.6) is 0 Å². The van der Waals surface area contributed by atoms with Gasteiger partial charge in [-0.15, -0.1) is 0 Å². The van der Waals surface area contributed by atoms with Crippen LogP contribution in [0.1, 0.15) is 168 Å². The number of carboxylic acids is 1. The van der Waals surface area contributed by atoms with E-state index >= 15 is 0 Å². The predicted molar refractivity (Wildman–Crippen MR) is 190 cm³/mol. The van der Waals surface area contributed by atoms with E-state index in [0.717, 1.165) is 51.4 Å². The second-order valence-electron chi connectivity index (χ2n) is 14.2. The van der Waals surface area contributed by atoms with Crippen LogP contribution in [0.2, 0.25) is 0 Å². The van der Waals surface area contributed by atoms with Crippen LogP contribution < -0.4 is 5.11 Å². The number of hydrogen-bond acceptors (Lipinski definition) is 7. The molecule has 0 fully saturated rings. The van der Waals surface area contributed by atoms with Gasteiger partial charge in [0, 0.05) is 19.3 Å². The fourth-order valence-corrected chi connectivity index (χ4v) is 5.58. The Morgan fingerprint density at radius 1 is 0.617 bits per heavy atom. The minimum Gasteiger partial charge on any atom is -0.544 e. The van der Waals surface area contributed by atoms with Gasteiger partial charge in [0.25, 0.3) is 0 Å². The van der Waals surface area contributed by atoms with Crippen LogP contribution in [-0.2, 0) is 28.6 Å². The van der Waals surface area contributed by atoms with Crippen molar-refractivity contribution in [3.05, 3.63) is 12.2 Å². The minimum atomic E-state index is -1.13. The molecule has 0 aliphatic carbocycles. The van der Waals surface area contributed by atoms with Crippen LogP contribution in [0, 0.1) is 0 Å². The van der Waals surface area contributed by atoms with Gasteiger partial charge in [0.2, 0.25) is 0 Å². The van der Waals surface area contributed by atoms with Crippen LogP contribution in [0.4, 0.5) is 0 Å². The fourth-order valence-electron chi connectivity index (χ4n) is 5.58. The van der Waals surface area contributed by atoms with Gasteiger partial charge < -0.3 is 28.6 Å². The molecule has 0 saturated carbocycles. The average molecular weight is 668 g/mol. The van der Waals surface area contributed by atoms with E-state index in [-0.39, 0.29) is 42.7 Å². The molecule has 0 saturated heterocycles. The first kappa shape index (κ1) is 45.1. The van der Waals surface area contributed by atoms with Gasteiger partial charge in [-0.2, -0.15) is 0 Å². The standard InChI is InChI=1S/C39H73NO7/c1-6-8-10-12-14-16-18-20-22-24-26-28-30-38(42)47-35(33-45-32-31-36(39(43)44)40(3,4)5)34-46-37(41)29-27-25-23-21-19-17-15-13-11-9-7-2/h13,15,35-36H,6-12,14,16-34H2,1-5H3/b15-13+. The van der Waals surface area contributed by atoms with Gasteiger partial charge in [-0.25, -0.2) is 0 Å². The lowest BCUT2D eigenvalue weighted by Crippen LogP contribution is -2.55. The van der Waals surface area contributed by atoms with Crippen LogP contribution in [0.3, 0.4) is 0 Å². The van der Waals surface area contributed by atoms with E-state index in [2.05, 4.69) is 26.0 Å². The number of carboxylic acid groups (broad SMARTS) is 1. The highest BCUT2D eigenvalue weighted by molar-refractivity contribution is 5.70. The number of ether oxygens (including phenoxy) is 3. The van der Waals surface area contributed by atoms with E-state index in [1.165, 1.54) is 83.5 Å². The second-order valence-corrected chi connectivity index (χ2v) is 14.2. The molecule has 8 heteroatoms. The summed E-state index contributed by atoms with van der Waals surface area (Å²) in [4.78, 5) is 36.6. The first-order valence-electron chi connectivity index (χ1n) is 19.2. The molecule has 2 atom stereocenters. The van der Waals surface area contributed by atoms with Crippen LogP contribution in [0.15, 0.2) is 12.2 Å². The normalized spacial score (nSPS) is 13.1. The van der Waals surface area contributed by atoms with E-state index in [1.807, 2.05) is 0 Å². The highest BCUT2D eigenvalue weighted by Crippen LogP contribution is 2.14. The number of nitrogens with zero attached hydrogens (tertiary/aromatic N) is 1. The molecular formula is C39H73NO7. The molecule has 0 bridgehead atoms. The topological polar surface area (TPSA) is 102 Å². The van der Waals surface area contributed by atoms with Crippen LogP contribution in [-0.4, -0.2) is 75.5 Å². The fraction of sp³-hybridized carbons (Fsp3) is 0.872. The third kappa shape index (κ3) is 29.9. The number of aliphatic carboxylic acids is 1. The molecule has 0 aliphatic heterocycles. The number of esters is 2. The van der Waals surface area contributed by atoms with Gasteiger partial charge in [-0.1, -0.05) is 129 Å². The van der Waals surface area contributed by atoms with Gasteiger partial charge in [-0.05, 0) is 32.1 Å². The van der Waals surface area contributed by atoms with E-state index < -0.39 is 18.1 Å². The van der Waals surface area contributed by atoms with Crippen molar-refractivity contribution in [2.75, 3.05) is 41.0 Å². The smallest absolute Gasteiger partial charge is 0.306 e. The Labute approximate surface area is 289 Å². The Bertz CT molecular complexity index is 793. The number of allylic oxidation sites excluding steroid dienone is 2. The number of carbonyl (C=O) groups is 3. The first-order chi connectivity index (χ1) is 22.6. The maximum absolute atomic E-state index is 12.6. The molecule has 47 heavy (non-hydrogen) atoms. The summed E-state index contributed by atoms with van der Waals surface area (Å²) in [5.41, 5.74) is 0. The number of hydrogen-bond donors (Lipinski definition) is 0. The quantitative estimate of drug-likeness (QED) is 0.0295. The number of likely N-dealkylation sites (N-methyl/N-ethyl adjacent to an activating group) is 1. The van der Waals surface area contributed by atoms with E-state index in [0.29, 0.717) is 12.8 Å². The predicted octanol–water partition coefficient (Wildman–Crippen LogP) is 8.24. The lowest BCUT2D eigenvalue weighted by atomic mass is 10.0. The Hall–Kier alpha value is -1.93. The van der Waals surface area contributed by atoms with Crippen LogP contribution in [0.25, 0.3) is 0 Å². The molecule has 0 aromatic carbocycles. The minimum absolute atomic E-state index is 0.0429. The molecule has 0 rings (SSSR count). The Balaban J connectivity index is 4.42. The third-order valence-corrected chi connectivity index (χ3v) is 8.65. The molecule has 0 aromatic heterocycles. The molecule has 8 nitrogen and oxygen atoms in total. The summed E-state index contributed by atoms with van der Waals surface area (Å²) in [5, 5.41) is 11.6. The van der Waals surface area contributed by atoms with Crippen molar-refractivity contribution in [3.63, 3.8) is 0 Å². The summed E-state index contributed by atoms with van der Waals surface area (Å²) in [6.45, 7) is 4.60. The summed E-state index contributed by atoms with van der Waals surface area (Å²) < 4.78 is 17.1. The van der Waals surface area contributed by atoms with E-state index in [4.69, 9.17) is 14.2 Å². The summed E-state index contributed by atoms with van der Waals surface area (Å²) >= 11 is 0. The largest absolute Gasteiger partial charge is 0.544 e. The van der Waals surface area contributed by atoms with Crippen LogP contribution >= 0.6 is 0 Å². The number of carbonyl (C=O) groups excluding carboxylic acids is 3. The number of rotatable bonds is 34. The second kappa shape index (κ2) is 31.3. The molecule has 0 N–H and O–H groups in total. The summed E-state index contributed by atoms with van der Waals surface area (Å²) in [7, 11) is 5.40. The highest BCUT2D eigenvalue weighted by atomic mass is 16.6.